The Kier molecular flexibility index (Phi) is 3.19. The van der Waals surface area contributed by atoms with E-state index in [0.717, 1.165) is 6.54 Å². The molecule has 0 aliphatic rings. The van der Waals surface area contributed by atoms with E-state index in [9.17, 15) is 4.79 Å². The van der Waals surface area contributed by atoms with Crippen LogP contribution in [0.4, 0.5) is 0 Å². The van der Waals surface area contributed by atoms with Crippen molar-refractivity contribution in [2.75, 3.05) is 0 Å². The van der Waals surface area contributed by atoms with Gasteiger partial charge in [-0.2, -0.15) is 10.2 Å². The summed E-state index contributed by atoms with van der Waals surface area (Å²) in [7, 11) is 0. The van der Waals surface area contributed by atoms with Gasteiger partial charge in [0.15, 0.2) is 10.6 Å². The van der Waals surface area contributed by atoms with Crippen LogP contribution in [0.25, 0.3) is 11.5 Å². The first-order chi connectivity index (χ1) is 8.08. The number of H-pyrrole nitrogens is 2. The molecular formula is C10H13N5OS. The topological polar surface area (TPSA) is 79.4 Å². The molecule has 17 heavy (non-hydrogen) atoms. The predicted molar refractivity (Wildman–Crippen MR) is 66.1 cm³/mol. The summed E-state index contributed by atoms with van der Waals surface area (Å²) in [6.45, 7) is 4.95. The number of hydrogen-bond donors (Lipinski definition) is 2. The van der Waals surface area contributed by atoms with E-state index in [2.05, 4.69) is 34.2 Å². The van der Waals surface area contributed by atoms with Crippen molar-refractivity contribution in [2.45, 2.75) is 20.4 Å². The maximum absolute atomic E-state index is 10.9. The van der Waals surface area contributed by atoms with Gasteiger partial charge in [0.2, 0.25) is 0 Å². The number of aromatic nitrogens is 5. The van der Waals surface area contributed by atoms with Crippen molar-refractivity contribution in [3.8, 4) is 11.5 Å². The van der Waals surface area contributed by atoms with Crippen LogP contribution in [0.3, 0.4) is 0 Å². The molecule has 0 amide bonds. The summed E-state index contributed by atoms with van der Waals surface area (Å²) in [6.07, 6.45) is 0. The summed E-state index contributed by atoms with van der Waals surface area (Å²) in [4.78, 5) is 10.9. The van der Waals surface area contributed by atoms with E-state index in [1.165, 1.54) is 6.07 Å². The lowest BCUT2D eigenvalue weighted by Gasteiger charge is -2.08. The summed E-state index contributed by atoms with van der Waals surface area (Å²) in [5.74, 6) is 1.08. The summed E-state index contributed by atoms with van der Waals surface area (Å²) in [5, 5.41) is 13.2. The third-order valence-electron chi connectivity index (χ3n) is 2.21. The van der Waals surface area contributed by atoms with Gasteiger partial charge in [0, 0.05) is 12.6 Å². The van der Waals surface area contributed by atoms with Crippen LogP contribution in [0.2, 0.25) is 0 Å². The standard InChI is InChI=1S/C10H13N5OS/c1-6(2)5-15-9(13-14-10(15)17)7-3-4-8(16)12-11-7/h3-4,6H,5H2,1-2H3,(H,12,16)(H,14,17). The largest absolute Gasteiger partial charge is 0.299 e. The summed E-state index contributed by atoms with van der Waals surface area (Å²) < 4.78 is 2.43. The highest BCUT2D eigenvalue weighted by Crippen LogP contribution is 2.14. The average Bonchev–Trinajstić information content (AvgIpc) is 2.61. The summed E-state index contributed by atoms with van der Waals surface area (Å²) in [5.41, 5.74) is 0.357. The Balaban J connectivity index is 2.48. The number of aromatic amines is 2. The van der Waals surface area contributed by atoms with Gasteiger partial charge in [-0.1, -0.05) is 13.8 Å². The van der Waals surface area contributed by atoms with E-state index in [0.29, 0.717) is 22.2 Å². The van der Waals surface area contributed by atoms with Crippen LogP contribution in [-0.2, 0) is 6.54 Å². The lowest BCUT2D eigenvalue weighted by atomic mass is 10.2. The van der Waals surface area contributed by atoms with E-state index >= 15 is 0 Å². The zero-order valence-electron chi connectivity index (χ0n) is 9.60. The van der Waals surface area contributed by atoms with Crippen molar-refractivity contribution in [1.82, 2.24) is 25.0 Å². The lowest BCUT2D eigenvalue weighted by Crippen LogP contribution is -2.10. The van der Waals surface area contributed by atoms with Crippen molar-refractivity contribution in [3.05, 3.63) is 27.3 Å². The number of nitrogens with zero attached hydrogens (tertiary/aromatic N) is 3. The Bertz CT molecular complexity index is 604. The molecule has 0 aliphatic heterocycles. The van der Waals surface area contributed by atoms with Crippen LogP contribution in [0.15, 0.2) is 16.9 Å². The molecule has 0 aromatic carbocycles. The maximum atomic E-state index is 10.9. The molecule has 7 heteroatoms. The lowest BCUT2D eigenvalue weighted by molar-refractivity contribution is 0.521. The Morgan fingerprint density at radius 1 is 1.35 bits per heavy atom. The van der Waals surface area contributed by atoms with Crippen LogP contribution in [0.5, 0.6) is 0 Å². The fourth-order valence-corrected chi connectivity index (χ4v) is 1.72. The first kappa shape index (κ1) is 11.7. The smallest absolute Gasteiger partial charge is 0.264 e. The third kappa shape index (κ3) is 2.50. The molecule has 2 aromatic heterocycles. The van der Waals surface area contributed by atoms with Crippen LogP contribution in [0, 0.1) is 10.7 Å². The summed E-state index contributed by atoms with van der Waals surface area (Å²) in [6, 6.07) is 3.04. The number of hydrogen-bond acceptors (Lipinski definition) is 4. The van der Waals surface area contributed by atoms with Gasteiger partial charge in [0.1, 0.15) is 5.69 Å². The number of nitrogens with one attached hydrogen (secondary N) is 2. The molecule has 0 spiro atoms. The number of rotatable bonds is 3. The van der Waals surface area contributed by atoms with Crippen LogP contribution < -0.4 is 5.56 Å². The van der Waals surface area contributed by atoms with Gasteiger partial charge in [-0.25, -0.2) is 5.10 Å². The van der Waals surface area contributed by atoms with Crippen molar-refractivity contribution < 1.29 is 0 Å². The molecule has 2 aromatic rings. The van der Waals surface area contributed by atoms with E-state index in [4.69, 9.17) is 12.2 Å². The van der Waals surface area contributed by atoms with Gasteiger partial charge in [0.25, 0.3) is 5.56 Å². The second-order valence-corrected chi connectivity index (χ2v) is 4.55. The molecular weight excluding hydrogens is 238 g/mol. The molecule has 0 saturated heterocycles. The molecule has 0 unspecified atom stereocenters. The van der Waals surface area contributed by atoms with Crippen molar-refractivity contribution in [1.29, 1.82) is 0 Å². The molecule has 90 valence electrons. The molecule has 2 N–H and O–H groups in total. The highest BCUT2D eigenvalue weighted by molar-refractivity contribution is 7.71. The van der Waals surface area contributed by atoms with E-state index in [1.807, 2.05) is 4.57 Å². The highest BCUT2D eigenvalue weighted by Gasteiger charge is 2.11. The van der Waals surface area contributed by atoms with Gasteiger partial charge in [-0.15, -0.1) is 0 Å². The highest BCUT2D eigenvalue weighted by atomic mass is 32.1. The van der Waals surface area contributed by atoms with Crippen LogP contribution >= 0.6 is 12.2 Å². The zero-order chi connectivity index (χ0) is 12.4. The fraction of sp³-hybridized carbons (Fsp3) is 0.400. The zero-order valence-corrected chi connectivity index (χ0v) is 10.4. The Hall–Kier alpha value is -1.76. The normalized spacial score (nSPS) is 11.0. The fourth-order valence-electron chi connectivity index (χ4n) is 1.52. The van der Waals surface area contributed by atoms with E-state index < -0.39 is 0 Å². The minimum absolute atomic E-state index is 0.238. The minimum Gasteiger partial charge on any atom is -0.299 e. The van der Waals surface area contributed by atoms with Crippen LogP contribution in [-0.4, -0.2) is 25.0 Å². The second-order valence-electron chi connectivity index (χ2n) is 4.16. The van der Waals surface area contributed by atoms with Gasteiger partial charge in [0.05, 0.1) is 0 Å². The van der Waals surface area contributed by atoms with Crippen molar-refractivity contribution >= 4 is 12.2 Å². The Morgan fingerprint density at radius 3 is 2.71 bits per heavy atom. The maximum Gasteiger partial charge on any atom is 0.264 e. The second kappa shape index (κ2) is 4.62. The Morgan fingerprint density at radius 2 is 2.12 bits per heavy atom. The molecule has 0 radical (unpaired) electrons. The molecule has 0 saturated carbocycles. The molecule has 2 heterocycles. The van der Waals surface area contributed by atoms with Crippen molar-refractivity contribution in [2.24, 2.45) is 5.92 Å². The SMILES string of the molecule is CC(C)Cn1c(-c2ccc(=O)[nH]n2)n[nH]c1=S. The summed E-state index contributed by atoms with van der Waals surface area (Å²) >= 11 is 5.16. The third-order valence-corrected chi connectivity index (χ3v) is 2.53. The van der Waals surface area contributed by atoms with Crippen LogP contribution in [0.1, 0.15) is 13.8 Å². The molecule has 6 nitrogen and oxygen atoms in total. The first-order valence-corrected chi connectivity index (χ1v) is 5.70. The van der Waals surface area contributed by atoms with Crippen molar-refractivity contribution in [3.63, 3.8) is 0 Å². The van der Waals surface area contributed by atoms with Gasteiger partial charge in [-0.3, -0.25) is 14.5 Å². The van der Waals surface area contributed by atoms with Gasteiger partial charge >= 0.3 is 0 Å². The minimum atomic E-state index is -0.238. The van der Waals surface area contributed by atoms with Gasteiger partial charge < -0.3 is 0 Å². The quantitative estimate of drug-likeness (QED) is 0.807. The average molecular weight is 251 g/mol. The first-order valence-electron chi connectivity index (χ1n) is 5.29. The van der Waals surface area contributed by atoms with Gasteiger partial charge in [-0.05, 0) is 24.2 Å². The Labute approximate surface area is 103 Å². The molecule has 0 atom stereocenters. The monoisotopic (exact) mass is 251 g/mol. The van der Waals surface area contributed by atoms with E-state index in [-0.39, 0.29) is 5.56 Å². The molecule has 0 aliphatic carbocycles. The molecule has 0 fully saturated rings. The molecule has 0 bridgehead atoms. The predicted octanol–water partition coefficient (Wildman–Crippen LogP) is 1.35. The molecule has 2 rings (SSSR count). The van der Waals surface area contributed by atoms with E-state index in [1.54, 1.807) is 6.07 Å².